The zero-order valence-electron chi connectivity index (χ0n) is 21.2. The number of carbonyl (C=O) groups excluding carboxylic acids is 1. The molecule has 5 rings (SSSR count). The number of methoxy groups -OCH3 is 2. The van der Waals surface area contributed by atoms with Crippen LogP contribution < -0.4 is 14.8 Å². The lowest BCUT2D eigenvalue weighted by molar-refractivity contribution is -0.120. The largest absolute Gasteiger partial charge is 0.493 e. The summed E-state index contributed by atoms with van der Waals surface area (Å²) in [6, 6.07) is 28.8. The Balaban J connectivity index is 1.25. The number of carbonyl (C=O) groups is 1. The van der Waals surface area contributed by atoms with Crippen LogP contribution in [0.15, 0.2) is 84.9 Å². The summed E-state index contributed by atoms with van der Waals surface area (Å²) in [6.07, 6.45) is 1.87. The maximum atomic E-state index is 12.5. The van der Waals surface area contributed by atoms with Gasteiger partial charge in [-0.3, -0.25) is 4.79 Å². The zero-order chi connectivity index (χ0) is 25.6. The average Bonchev–Trinajstić information content (AvgIpc) is 3.28. The molecule has 0 unspecified atom stereocenters. The van der Waals surface area contributed by atoms with E-state index >= 15 is 0 Å². The molecule has 188 valence electrons. The Bertz CT molecular complexity index is 1530. The summed E-state index contributed by atoms with van der Waals surface area (Å²) in [5.41, 5.74) is 4.27. The minimum absolute atomic E-state index is 0.0171. The first kappa shape index (κ1) is 24.4. The number of para-hydroxylation sites is 2. The molecule has 0 fully saturated rings. The third-order valence-electron chi connectivity index (χ3n) is 6.65. The lowest BCUT2D eigenvalue weighted by Crippen LogP contribution is -2.26. The van der Waals surface area contributed by atoms with Crippen molar-refractivity contribution in [1.82, 2.24) is 14.9 Å². The van der Waals surface area contributed by atoms with Crippen LogP contribution in [-0.2, 0) is 24.2 Å². The summed E-state index contributed by atoms with van der Waals surface area (Å²) in [7, 11) is 3.19. The molecule has 1 heterocycles. The molecule has 4 aromatic carbocycles. The van der Waals surface area contributed by atoms with Gasteiger partial charge in [0, 0.05) is 19.5 Å². The number of rotatable bonds is 10. The van der Waals surface area contributed by atoms with Crippen molar-refractivity contribution >= 4 is 27.7 Å². The molecule has 0 saturated heterocycles. The number of hydrogen-bond donors (Lipinski definition) is 1. The van der Waals surface area contributed by atoms with Crippen molar-refractivity contribution < 1.29 is 14.3 Å². The molecular weight excluding hydrogens is 462 g/mol. The molecule has 0 aliphatic heterocycles. The van der Waals surface area contributed by atoms with Gasteiger partial charge in [0.25, 0.3) is 0 Å². The third kappa shape index (κ3) is 5.43. The number of fused-ring (bicyclic) bond motifs is 2. The first-order chi connectivity index (χ1) is 18.2. The highest BCUT2D eigenvalue weighted by Gasteiger charge is 2.13. The van der Waals surface area contributed by atoms with E-state index in [-0.39, 0.29) is 5.91 Å². The average molecular weight is 494 g/mol. The van der Waals surface area contributed by atoms with E-state index in [0.29, 0.717) is 24.5 Å². The Labute approximate surface area is 216 Å². The van der Waals surface area contributed by atoms with E-state index in [1.54, 1.807) is 14.2 Å². The molecule has 1 aromatic heterocycles. The first-order valence-electron chi connectivity index (χ1n) is 12.5. The van der Waals surface area contributed by atoms with E-state index in [1.807, 2.05) is 24.3 Å². The maximum Gasteiger partial charge on any atom is 0.224 e. The quantitative estimate of drug-likeness (QED) is 0.259. The second-order valence-corrected chi connectivity index (χ2v) is 9.06. The Kier molecular flexibility index (Phi) is 7.36. The summed E-state index contributed by atoms with van der Waals surface area (Å²) in [5, 5.41) is 5.55. The van der Waals surface area contributed by atoms with Crippen LogP contribution in [0.25, 0.3) is 21.8 Å². The van der Waals surface area contributed by atoms with E-state index in [1.165, 1.54) is 16.3 Å². The van der Waals surface area contributed by atoms with Crippen molar-refractivity contribution in [2.75, 3.05) is 20.8 Å². The Morgan fingerprint density at radius 1 is 0.892 bits per heavy atom. The smallest absolute Gasteiger partial charge is 0.224 e. The zero-order valence-corrected chi connectivity index (χ0v) is 21.2. The number of nitrogens with one attached hydrogen (secondary N) is 1. The highest BCUT2D eigenvalue weighted by molar-refractivity contribution is 5.86. The SMILES string of the molecule is COc1ccc(CC(=O)NCCCc2nc3ccccc3n2Cc2cccc3ccccc23)cc1OC. The van der Waals surface area contributed by atoms with Crippen LogP contribution in [0.3, 0.4) is 0 Å². The molecule has 5 aromatic rings. The van der Waals surface area contributed by atoms with Crippen LogP contribution in [-0.4, -0.2) is 36.2 Å². The van der Waals surface area contributed by atoms with Gasteiger partial charge in [-0.2, -0.15) is 0 Å². The van der Waals surface area contributed by atoms with Gasteiger partial charge in [0.05, 0.1) is 31.7 Å². The molecule has 6 heteroatoms. The summed E-state index contributed by atoms with van der Waals surface area (Å²) >= 11 is 0. The Morgan fingerprint density at radius 3 is 2.54 bits per heavy atom. The fourth-order valence-electron chi connectivity index (χ4n) is 4.81. The van der Waals surface area contributed by atoms with Crippen LogP contribution in [0.1, 0.15) is 23.4 Å². The minimum atomic E-state index is -0.0171. The van der Waals surface area contributed by atoms with Gasteiger partial charge in [-0.25, -0.2) is 4.98 Å². The lowest BCUT2D eigenvalue weighted by Gasteiger charge is -2.12. The van der Waals surface area contributed by atoms with Crippen LogP contribution >= 0.6 is 0 Å². The van der Waals surface area contributed by atoms with Crippen LogP contribution in [0, 0.1) is 0 Å². The topological polar surface area (TPSA) is 65.4 Å². The fraction of sp³-hybridized carbons (Fsp3) is 0.226. The van der Waals surface area contributed by atoms with Crippen LogP contribution in [0.4, 0.5) is 0 Å². The van der Waals surface area contributed by atoms with Gasteiger partial charge >= 0.3 is 0 Å². The molecule has 0 saturated carbocycles. The summed E-state index contributed by atoms with van der Waals surface area (Å²) in [6.45, 7) is 1.34. The number of aromatic nitrogens is 2. The predicted molar refractivity (Wildman–Crippen MR) is 147 cm³/mol. The van der Waals surface area contributed by atoms with Gasteiger partial charge < -0.3 is 19.4 Å². The van der Waals surface area contributed by atoms with Crippen molar-refractivity contribution in [1.29, 1.82) is 0 Å². The second-order valence-electron chi connectivity index (χ2n) is 9.06. The van der Waals surface area contributed by atoms with Crippen molar-refractivity contribution in [2.24, 2.45) is 0 Å². The van der Waals surface area contributed by atoms with Crippen molar-refractivity contribution in [3.63, 3.8) is 0 Å². The summed E-state index contributed by atoms with van der Waals surface area (Å²) in [5.74, 6) is 2.29. The van der Waals surface area contributed by atoms with Gasteiger partial charge in [-0.15, -0.1) is 0 Å². The minimum Gasteiger partial charge on any atom is -0.493 e. The van der Waals surface area contributed by atoms with E-state index in [2.05, 4.69) is 70.5 Å². The van der Waals surface area contributed by atoms with E-state index < -0.39 is 0 Å². The van der Waals surface area contributed by atoms with E-state index in [0.717, 1.165) is 41.8 Å². The molecule has 0 radical (unpaired) electrons. The number of benzene rings is 4. The van der Waals surface area contributed by atoms with Crippen LogP contribution in [0.5, 0.6) is 11.5 Å². The molecule has 0 aliphatic carbocycles. The molecule has 0 atom stereocenters. The number of ether oxygens (including phenoxy) is 2. The van der Waals surface area contributed by atoms with Gasteiger partial charge in [0.1, 0.15) is 5.82 Å². The lowest BCUT2D eigenvalue weighted by atomic mass is 10.0. The van der Waals surface area contributed by atoms with Crippen molar-refractivity contribution in [2.45, 2.75) is 25.8 Å². The highest BCUT2D eigenvalue weighted by atomic mass is 16.5. The van der Waals surface area contributed by atoms with Crippen LogP contribution in [0.2, 0.25) is 0 Å². The third-order valence-corrected chi connectivity index (χ3v) is 6.65. The Morgan fingerprint density at radius 2 is 1.68 bits per heavy atom. The molecule has 1 N–H and O–H groups in total. The van der Waals surface area contributed by atoms with Gasteiger partial charge in [0.2, 0.25) is 5.91 Å². The summed E-state index contributed by atoms with van der Waals surface area (Å²) in [4.78, 5) is 17.5. The van der Waals surface area contributed by atoms with Gasteiger partial charge in [-0.05, 0) is 52.6 Å². The molecule has 37 heavy (non-hydrogen) atoms. The highest BCUT2D eigenvalue weighted by Crippen LogP contribution is 2.28. The number of hydrogen-bond acceptors (Lipinski definition) is 4. The van der Waals surface area contributed by atoms with Crippen molar-refractivity contribution in [3.8, 4) is 11.5 Å². The van der Waals surface area contributed by atoms with E-state index in [4.69, 9.17) is 14.5 Å². The maximum absolute atomic E-state index is 12.5. The Hall–Kier alpha value is -4.32. The number of nitrogens with zero attached hydrogens (tertiary/aromatic N) is 2. The van der Waals surface area contributed by atoms with Crippen molar-refractivity contribution in [3.05, 3.63) is 102 Å². The first-order valence-corrected chi connectivity index (χ1v) is 12.5. The molecule has 0 spiro atoms. The van der Waals surface area contributed by atoms with Gasteiger partial charge in [0.15, 0.2) is 11.5 Å². The number of amides is 1. The monoisotopic (exact) mass is 493 g/mol. The molecule has 0 aliphatic rings. The number of imidazole rings is 1. The standard InChI is InChI=1S/C31H31N3O3/c1-36-28-17-16-22(19-29(28)37-2)20-31(35)32-18-8-15-30-33-26-13-5-6-14-27(26)34(30)21-24-11-7-10-23-9-3-4-12-25(23)24/h3-7,9-14,16-17,19H,8,15,18,20-21H2,1-2H3,(H,32,35). The van der Waals surface area contributed by atoms with Gasteiger partial charge in [-0.1, -0.05) is 60.7 Å². The molecule has 6 nitrogen and oxygen atoms in total. The molecule has 1 amide bonds. The normalized spacial score (nSPS) is 11.1. The predicted octanol–water partition coefficient (Wildman–Crippen LogP) is 5.55. The second kappa shape index (κ2) is 11.2. The summed E-state index contributed by atoms with van der Waals surface area (Å²) < 4.78 is 12.9. The molecular formula is C31H31N3O3. The van der Waals surface area contributed by atoms with E-state index in [9.17, 15) is 4.79 Å². The fourth-order valence-corrected chi connectivity index (χ4v) is 4.81. The molecule has 0 bridgehead atoms. The number of aryl methyl sites for hydroxylation is 1.